The molecule has 7 nitrogen and oxygen atoms in total. The third-order valence-electron chi connectivity index (χ3n) is 4.86. The van der Waals surface area contributed by atoms with E-state index in [1.165, 1.54) is 7.11 Å². The van der Waals surface area contributed by atoms with Gasteiger partial charge < -0.3 is 20.1 Å². The van der Waals surface area contributed by atoms with E-state index in [4.69, 9.17) is 9.47 Å². The fourth-order valence-corrected chi connectivity index (χ4v) is 3.25. The Balaban J connectivity index is 2.25. The Hall–Kier alpha value is -3.35. The molecule has 1 unspecified atom stereocenters. The van der Waals surface area contributed by atoms with Crippen molar-refractivity contribution in [3.63, 3.8) is 0 Å². The molecule has 0 aliphatic heterocycles. The van der Waals surface area contributed by atoms with E-state index in [2.05, 4.69) is 10.6 Å². The number of carbonyl (C=O) groups excluding carboxylic acids is 3. The van der Waals surface area contributed by atoms with Crippen molar-refractivity contribution in [2.75, 3.05) is 7.11 Å². The Kier molecular flexibility index (Phi) is 8.81. The molecular weight excluding hydrogens is 408 g/mol. The molecule has 2 rings (SSSR count). The van der Waals surface area contributed by atoms with Gasteiger partial charge in [-0.15, -0.1) is 0 Å². The first-order valence-electron chi connectivity index (χ1n) is 10.6. The zero-order valence-corrected chi connectivity index (χ0v) is 19.3. The summed E-state index contributed by atoms with van der Waals surface area (Å²) in [6.45, 7) is 7.07. The molecule has 32 heavy (non-hydrogen) atoms. The van der Waals surface area contributed by atoms with Crippen LogP contribution in [0, 0.1) is 0 Å². The first kappa shape index (κ1) is 24.9. The highest BCUT2D eigenvalue weighted by Crippen LogP contribution is 2.20. The van der Waals surface area contributed by atoms with Gasteiger partial charge in [-0.2, -0.15) is 0 Å². The molecule has 0 bridgehead atoms. The predicted molar refractivity (Wildman–Crippen MR) is 122 cm³/mol. The summed E-state index contributed by atoms with van der Waals surface area (Å²) in [5.41, 5.74) is 1.01. The van der Waals surface area contributed by atoms with Crippen LogP contribution < -0.4 is 10.6 Å². The number of benzene rings is 2. The average molecular weight is 441 g/mol. The summed E-state index contributed by atoms with van der Waals surface area (Å²) in [5.74, 6) is -1.44. The molecule has 0 heterocycles. The second-order valence-electron chi connectivity index (χ2n) is 8.60. The molecule has 0 aliphatic carbocycles. The molecule has 0 saturated carbocycles. The van der Waals surface area contributed by atoms with Crippen LogP contribution in [0.5, 0.6) is 0 Å². The standard InChI is InChI=1S/C25H32N2O5/c1-17(19-14-10-7-11-15-19)21(27-24(30)32-25(2,3)4)22(28)26-20(23(29)31-5)16-18-12-8-6-9-13-18/h6-15,17,20-21H,16H2,1-5H3,(H,26,28)(H,27,30)/t17?,20-,21-/m1/s1. The summed E-state index contributed by atoms with van der Waals surface area (Å²) >= 11 is 0. The van der Waals surface area contributed by atoms with E-state index in [-0.39, 0.29) is 12.3 Å². The fourth-order valence-electron chi connectivity index (χ4n) is 3.25. The highest BCUT2D eigenvalue weighted by atomic mass is 16.6. The van der Waals surface area contributed by atoms with Gasteiger partial charge in [0.1, 0.15) is 17.7 Å². The summed E-state index contributed by atoms with van der Waals surface area (Å²) in [5, 5.41) is 5.42. The van der Waals surface area contributed by atoms with Gasteiger partial charge in [0, 0.05) is 12.3 Å². The minimum Gasteiger partial charge on any atom is -0.467 e. The Morgan fingerprint density at radius 3 is 2.00 bits per heavy atom. The predicted octanol–water partition coefficient (Wildman–Crippen LogP) is 3.58. The number of amides is 2. The largest absolute Gasteiger partial charge is 0.467 e. The van der Waals surface area contributed by atoms with Crippen LogP contribution in [0.25, 0.3) is 0 Å². The van der Waals surface area contributed by atoms with Crippen LogP contribution in [0.15, 0.2) is 60.7 Å². The van der Waals surface area contributed by atoms with Crippen molar-refractivity contribution in [3.8, 4) is 0 Å². The first-order chi connectivity index (χ1) is 15.1. The van der Waals surface area contributed by atoms with Crippen LogP contribution in [0.4, 0.5) is 4.79 Å². The molecule has 172 valence electrons. The monoisotopic (exact) mass is 440 g/mol. The van der Waals surface area contributed by atoms with E-state index < -0.39 is 35.7 Å². The number of hydrogen-bond acceptors (Lipinski definition) is 5. The second kappa shape index (κ2) is 11.3. The number of ether oxygens (including phenoxy) is 2. The molecule has 0 aromatic heterocycles. The lowest BCUT2D eigenvalue weighted by molar-refractivity contribution is -0.145. The van der Waals surface area contributed by atoms with Crippen LogP contribution in [0.1, 0.15) is 44.7 Å². The van der Waals surface area contributed by atoms with Crippen LogP contribution >= 0.6 is 0 Å². The van der Waals surface area contributed by atoms with Crippen molar-refractivity contribution >= 4 is 18.0 Å². The SMILES string of the molecule is COC(=O)[C@@H](Cc1ccccc1)NC(=O)[C@H](NC(=O)OC(C)(C)C)C(C)c1ccccc1. The Morgan fingerprint density at radius 1 is 0.906 bits per heavy atom. The molecule has 2 aromatic carbocycles. The van der Waals surface area contributed by atoms with Gasteiger partial charge in [0.2, 0.25) is 5.91 Å². The molecule has 0 saturated heterocycles. The van der Waals surface area contributed by atoms with E-state index in [0.717, 1.165) is 11.1 Å². The number of alkyl carbamates (subject to hydrolysis) is 1. The van der Waals surface area contributed by atoms with Crippen LogP contribution in [0.3, 0.4) is 0 Å². The lowest BCUT2D eigenvalue weighted by Crippen LogP contribution is -2.54. The minimum absolute atomic E-state index is 0.262. The quantitative estimate of drug-likeness (QED) is 0.612. The van der Waals surface area contributed by atoms with E-state index in [9.17, 15) is 14.4 Å². The second-order valence-corrected chi connectivity index (χ2v) is 8.60. The highest BCUT2D eigenvalue weighted by Gasteiger charge is 2.33. The summed E-state index contributed by atoms with van der Waals surface area (Å²) in [6, 6.07) is 16.8. The fraction of sp³-hybridized carbons (Fsp3) is 0.400. The number of hydrogen-bond donors (Lipinski definition) is 2. The zero-order valence-electron chi connectivity index (χ0n) is 19.3. The Bertz CT molecular complexity index is 894. The van der Waals surface area contributed by atoms with Crippen LogP contribution in [-0.2, 0) is 25.5 Å². The molecular formula is C25H32N2O5. The minimum atomic E-state index is -0.963. The molecule has 0 spiro atoms. The van der Waals surface area contributed by atoms with E-state index in [1.54, 1.807) is 20.8 Å². The van der Waals surface area contributed by atoms with Gasteiger partial charge in [0.15, 0.2) is 0 Å². The summed E-state index contributed by atoms with van der Waals surface area (Å²) in [6.07, 6.45) is -0.448. The molecule has 2 N–H and O–H groups in total. The van der Waals surface area contributed by atoms with Crippen molar-refractivity contribution in [1.82, 2.24) is 10.6 Å². The molecule has 7 heteroatoms. The lowest BCUT2D eigenvalue weighted by Gasteiger charge is -2.28. The summed E-state index contributed by atoms with van der Waals surface area (Å²) in [7, 11) is 1.27. The van der Waals surface area contributed by atoms with E-state index >= 15 is 0 Å². The number of esters is 1. The van der Waals surface area contributed by atoms with Crippen molar-refractivity contribution in [3.05, 3.63) is 71.8 Å². The van der Waals surface area contributed by atoms with Gasteiger partial charge >= 0.3 is 12.1 Å². The third-order valence-corrected chi connectivity index (χ3v) is 4.86. The highest BCUT2D eigenvalue weighted by molar-refractivity contribution is 5.90. The lowest BCUT2D eigenvalue weighted by atomic mass is 9.92. The van der Waals surface area contributed by atoms with E-state index in [1.807, 2.05) is 67.6 Å². The maximum absolute atomic E-state index is 13.3. The smallest absolute Gasteiger partial charge is 0.408 e. The van der Waals surface area contributed by atoms with Gasteiger partial charge in [0.05, 0.1) is 7.11 Å². The molecule has 0 radical (unpaired) electrons. The molecule has 2 aromatic rings. The Morgan fingerprint density at radius 2 is 1.47 bits per heavy atom. The number of rotatable bonds is 8. The maximum atomic E-state index is 13.3. The summed E-state index contributed by atoms with van der Waals surface area (Å²) < 4.78 is 10.2. The van der Waals surface area contributed by atoms with Crippen molar-refractivity contribution in [1.29, 1.82) is 0 Å². The molecule has 0 aliphatic rings. The van der Waals surface area contributed by atoms with Crippen molar-refractivity contribution in [2.24, 2.45) is 0 Å². The number of methoxy groups -OCH3 is 1. The molecule has 3 atom stereocenters. The van der Waals surface area contributed by atoms with Gasteiger partial charge in [-0.25, -0.2) is 9.59 Å². The van der Waals surface area contributed by atoms with Gasteiger partial charge in [0.25, 0.3) is 0 Å². The van der Waals surface area contributed by atoms with Gasteiger partial charge in [-0.3, -0.25) is 4.79 Å². The van der Waals surface area contributed by atoms with Crippen molar-refractivity contribution < 1.29 is 23.9 Å². The topological polar surface area (TPSA) is 93.7 Å². The molecule has 2 amide bonds. The number of carbonyl (C=O) groups is 3. The Labute approximate surface area is 189 Å². The average Bonchev–Trinajstić information content (AvgIpc) is 2.76. The van der Waals surface area contributed by atoms with Gasteiger partial charge in [-0.1, -0.05) is 67.6 Å². The zero-order chi connectivity index (χ0) is 23.7. The first-order valence-corrected chi connectivity index (χ1v) is 10.6. The van der Waals surface area contributed by atoms with E-state index in [0.29, 0.717) is 0 Å². The van der Waals surface area contributed by atoms with Crippen molar-refractivity contribution in [2.45, 2.75) is 57.7 Å². The normalized spacial score (nSPS) is 13.9. The summed E-state index contributed by atoms with van der Waals surface area (Å²) in [4.78, 5) is 38.1. The van der Waals surface area contributed by atoms with Gasteiger partial charge in [-0.05, 0) is 31.9 Å². The number of nitrogens with one attached hydrogen (secondary N) is 2. The van der Waals surface area contributed by atoms with Crippen LogP contribution in [0.2, 0.25) is 0 Å². The third kappa shape index (κ3) is 7.72. The van der Waals surface area contributed by atoms with Crippen LogP contribution in [-0.4, -0.2) is 42.8 Å². The maximum Gasteiger partial charge on any atom is 0.408 e. The molecule has 0 fully saturated rings.